The molecule has 0 aliphatic heterocycles. The third kappa shape index (κ3) is 4.36. The zero-order chi connectivity index (χ0) is 19.6. The lowest BCUT2D eigenvalue weighted by Crippen LogP contribution is -2.44. The molecule has 2 aliphatic rings. The van der Waals surface area contributed by atoms with Crippen molar-refractivity contribution in [1.82, 2.24) is 30.4 Å². The van der Waals surface area contributed by atoms with Crippen molar-refractivity contribution in [2.24, 2.45) is 0 Å². The van der Waals surface area contributed by atoms with Crippen LogP contribution in [0.5, 0.6) is 0 Å². The van der Waals surface area contributed by atoms with E-state index < -0.39 is 0 Å². The number of aromatic nitrogens is 4. The van der Waals surface area contributed by atoms with E-state index >= 15 is 0 Å². The van der Waals surface area contributed by atoms with Gasteiger partial charge in [0.25, 0.3) is 0 Å². The molecule has 2 N–H and O–H groups in total. The molecule has 154 valence electrons. The van der Waals surface area contributed by atoms with Gasteiger partial charge in [0.2, 0.25) is 11.8 Å². The predicted octanol–water partition coefficient (Wildman–Crippen LogP) is 3.75. The minimum atomic E-state index is 0.495. The first-order valence-corrected chi connectivity index (χ1v) is 11.0. The number of fused-ring (bicyclic) bond motifs is 1. The summed E-state index contributed by atoms with van der Waals surface area (Å²) in [7, 11) is 0. The van der Waals surface area contributed by atoms with Gasteiger partial charge in [-0.05, 0) is 50.8 Å². The summed E-state index contributed by atoms with van der Waals surface area (Å²) in [6.45, 7) is 4.82. The predicted molar refractivity (Wildman–Crippen MR) is 111 cm³/mol. The van der Waals surface area contributed by atoms with Crippen molar-refractivity contribution in [2.75, 3.05) is 6.54 Å². The van der Waals surface area contributed by atoms with Crippen molar-refractivity contribution in [2.45, 2.75) is 76.5 Å². The van der Waals surface area contributed by atoms with Gasteiger partial charge in [-0.1, -0.05) is 25.5 Å². The van der Waals surface area contributed by atoms with Gasteiger partial charge < -0.3 is 14.7 Å². The molecule has 0 amide bonds. The van der Waals surface area contributed by atoms with Crippen LogP contribution in [0.3, 0.4) is 0 Å². The molecule has 0 radical (unpaired) electrons. The monoisotopic (exact) mass is 394 g/mol. The normalized spacial score (nSPS) is 22.6. The van der Waals surface area contributed by atoms with E-state index in [9.17, 15) is 0 Å². The lowest BCUT2D eigenvalue weighted by Gasteiger charge is -2.37. The molecule has 7 heteroatoms. The van der Waals surface area contributed by atoms with Gasteiger partial charge in [-0.3, -0.25) is 4.90 Å². The van der Waals surface area contributed by atoms with Crippen molar-refractivity contribution in [1.29, 1.82) is 0 Å². The lowest BCUT2D eigenvalue weighted by atomic mass is 9.90. The van der Waals surface area contributed by atoms with Crippen LogP contribution in [0.2, 0.25) is 0 Å². The molecule has 2 fully saturated rings. The smallest absolute Gasteiger partial charge is 0.230 e. The van der Waals surface area contributed by atoms with Crippen LogP contribution >= 0.6 is 0 Å². The Balaban J connectivity index is 1.17. The Morgan fingerprint density at radius 2 is 2.07 bits per heavy atom. The molecule has 5 rings (SSSR count). The minimum absolute atomic E-state index is 0.495. The summed E-state index contributed by atoms with van der Waals surface area (Å²) in [6, 6.07) is 9.32. The zero-order valence-electron chi connectivity index (χ0n) is 17.1. The van der Waals surface area contributed by atoms with Crippen molar-refractivity contribution in [3.05, 3.63) is 41.9 Å². The van der Waals surface area contributed by atoms with Crippen molar-refractivity contribution in [3.8, 4) is 0 Å². The molecule has 2 aliphatic carbocycles. The number of para-hydroxylation sites is 2. The zero-order valence-corrected chi connectivity index (χ0v) is 17.1. The Kier molecular flexibility index (Phi) is 5.33. The maximum Gasteiger partial charge on any atom is 0.230 e. The number of rotatable bonds is 8. The summed E-state index contributed by atoms with van der Waals surface area (Å²) in [4.78, 5) is 10.8. The molecule has 1 aromatic carbocycles. The van der Waals surface area contributed by atoms with E-state index in [1.807, 2.05) is 6.07 Å². The van der Waals surface area contributed by atoms with Gasteiger partial charge in [-0.15, -0.1) is 10.2 Å². The molecule has 2 saturated carbocycles. The molecule has 3 aromatic rings. The molecule has 0 saturated heterocycles. The van der Waals surface area contributed by atoms with Crippen molar-refractivity contribution in [3.63, 3.8) is 0 Å². The van der Waals surface area contributed by atoms with E-state index in [0.29, 0.717) is 24.5 Å². The fourth-order valence-electron chi connectivity index (χ4n) is 4.52. The molecular weight excluding hydrogens is 364 g/mol. The lowest BCUT2D eigenvalue weighted by molar-refractivity contribution is 0.134. The average molecular weight is 395 g/mol. The molecule has 29 heavy (non-hydrogen) atoms. The molecule has 2 heterocycles. The maximum atomic E-state index is 5.79. The molecule has 2 atom stereocenters. The second-order valence-corrected chi connectivity index (χ2v) is 8.47. The fraction of sp³-hybridized carbons (Fsp3) is 0.591. The second kappa shape index (κ2) is 8.24. The highest BCUT2D eigenvalue weighted by Gasteiger charge is 2.30. The SMILES string of the molecule is CCN(Cc1nc2ccccc2[nH]1)[C@H]1CCC[C@@H](NCc2nnc(C3CC3)o2)C1. The number of benzene rings is 1. The number of nitrogens with zero attached hydrogens (tertiary/aromatic N) is 4. The van der Waals surface area contributed by atoms with Gasteiger partial charge >= 0.3 is 0 Å². The molecule has 2 aromatic heterocycles. The summed E-state index contributed by atoms with van der Waals surface area (Å²) in [5.74, 6) is 3.13. The number of aromatic amines is 1. The summed E-state index contributed by atoms with van der Waals surface area (Å²) in [5.41, 5.74) is 2.17. The highest BCUT2D eigenvalue weighted by Crippen LogP contribution is 2.39. The van der Waals surface area contributed by atoms with E-state index in [1.54, 1.807) is 0 Å². The summed E-state index contributed by atoms with van der Waals surface area (Å²) >= 11 is 0. The first-order valence-electron chi connectivity index (χ1n) is 11.0. The molecule has 0 bridgehead atoms. The standard InChI is InChI=1S/C22H30N6O/c1-2-28(14-20-24-18-8-3-4-9-19(18)25-20)17-7-5-6-16(12-17)23-13-21-26-27-22(29-21)15-10-11-15/h3-4,8-9,15-17,23H,2,5-7,10-14H2,1H3,(H,24,25)/t16-,17+/m1/s1. The van der Waals surface area contributed by atoms with Gasteiger partial charge in [0.1, 0.15) is 5.82 Å². The van der Waals surface area contributed by atoms with Gasteiger partial charge in [0, 0.05) is 18.0 Å². The van der Waals surface area contributed by atoms with Gasteiger partial charge in [0.15, 0.2) is 0 Å². The number of hydrogen-bond acceptors (Lipinski definition) is 6. The van der Waals surface area contributed by atoms with Crippen LogP contribution < -0.4 is 5.32 Å². The van der Waals surface area contributed by atoms with Gasteiger partial charge in [-0.25, -0.2) is 4.98 Å². The largest absolute Gasteiger partial charge is 0.424 e. The number of nitrogens with one attached hydrogen (secondary N) is 2. The average Bonchev–Trinajstić information content (AvgIpc) is 3.35. The minimum Gasteiger partial charge on any atom is -0.424 e. The molecular formula is C22H30N6O. The van der Waals surface area contributed by atoms with E-state index in [2.05, 4.69) is 50.5 Å². The van der Waals surface area contributed by atoms with Gasteiger partial charge in [0.05, 0.1) is 24.1 Å². The number of H-pyrrole nitrogens is 1. The fourth-order valence-corrected chi connectivity index (χ4v) is 4.52. The highest BCUT2D eigenvalue weighted by molar-refractivity contribution is 5.74. The van der Waals surface area contributed by atoms with E-state index in [0.717, 1.165) is 48.1 Å². The molecule has 0 unspecified atom stereocenters. The van der Waals surface area contributed by atoms with Crippen LogP contribution in [0.4, 0.5) is 0 Å². The summed E-state index contributed by atoms with van der Waals surface area (Å²) in [5, 5.41) is 12.1. The topological polar surface area (TPSA) is 82.9 Å². The Bertz CT molecular complexity index is 913. The van der Waals surface area contributed by atoms with Crippen LogP contribution in [0.25, 0.3) is 11.0 Å². The molecule has 7 nitrogen and oxygen atoms in total. The first-order chi connectivity index (χ1) is 14.3. The maximum absolute atomic E-state index is 5.79. The van der Waals surface area contributed by atoms with E-state index in [4.69, 9.17) is 9.40 Å². The van der Waals surface area contributed by atoms with Gasteiger partial charge in [-0.2, -0.15) is 0 Å². The summed E-state index contributed by atoms with van der Waals surface area (Å²) in [6.07, 6.45) is 7.24. The third-order valence-corrected chi connectivity index (χ3v) is 6.31. The van der Waals surface area contributed by atoms with Crippen LogP contribution in [0.1, 0.15) is 69.0 Å². The van der Waals surface area contributed by atoms with Crippen molar-refractivity contribution < 1.29 is 4.42 Å². The molecule has 0 spiro atoms. The second-order valence-electron chi connectivity index (χ2n) is 8.47. The Morgan fingerprint density at radius 3 is 2.90 bits per heavy atom. The highest BCUT2D eigenvalue weighted by atomic mass is 16.4. The quantitative estimate of drug-likeness (QED) is 0.605. The Labute approximate surface area is 171 Å². The van der Waals surface area contributed by atoms with E-state index in [1.165, 1.54) is 32.1 Å². The van der Waals surface area contributed by atoms with E-state index in [-0.39, 0.29) is 0 Å². The third-order valence-electron chi connectivity index (χ3n) is 6.31. The number of imidazole rings is 1. The van der Waals surface area contributed by atoms with Crippen LogP contribution in [-0.4, -0.2) is 43.7 Å². The first kappa shape index (κ1) is 18.8. The van der Waals surface area contributed by atoms with Crippen LogP contribution in [0, 0.1) is 0 Å². The number of hydrogen-bond donors (Lipinski definition) is 2. The summed E-state index contributed by atoms with van der Waals surface area (Å²) < 4.78 is 5.79. The Hall–Kier alpha value is -2.25. The Morgan fingerprint density at radius 1 is 1.17 bits per heavy atom. The van der Waals surface area contributed by atoms with Crippen LogP contribution in [0.15, 0.2) is 28.7 Å². The van der Waals surface area contributed by atoms with Crippen LogP contribution in [-0.2, 0) is 13.1 Å². The van der Waals surface area contributed by atoms with Crippen molar-refractivity contribution >= 4 is 11.0 Å².